The molecule has 1 aromatic carbocycles. The molecule has 0 spiro atoms. The van der Waals surface area contributed by atoms with Crippen LogP contribution in [0.1, 0.15) is 29.9 Å². The van der Waals surface area contributed by atoms with Crippen molar-refractivity contribution in [2.75, 3.05) is 20.2 Å². The number of piperidine rings is 1. The number of hydrogen-bond donors (Lipinski definition) is 1. The molecule has 1 saturated heterocycles. The van der Waals surface area contributed by atoms with E-state index in [0.717, 1.165) is 18.1 Å². The molecular formula is C13H18ClNO. The summed E-state index contributed by atoms with van der Waals surface area (Å²) in [4.78, 5) is 0. The van der Waals surface area contributed by atoms with Gasteiger partial charge in [0.05, 0.1) is 6.61 Å². The molecule has 0 aliphatic carbocycles. The lowest BCUT2D eigenvalue weighted by Gasteiger charge is -2.26. The summed E-state index contributed by atoms with van der Waals surface area (Å²) in [5.41, 5.74) is 2.54. The summed E-state index contributed by atoms with van der Waals surface area (Å²) >= 11 is 6.32. The maximum absolute atomic E-state index is 6.32. The molecule has 0 aromatic heterocycles. The zero-order valence-electron chi connectivity index (χ0n) is 9.63. The first-order valence-corrected chi connectivity index (χ1v) is 6.17. The minimum absolute atomic E-state index is 0.583. The lowest BCUT2D eigenvalue weighted by Crippen LogP contribution is -2.27. The Labute approximate surface area is 102 Å². The number of rotatable bonds is 3. The van der Waals surface area contributed by atoms with Gasteiger partial charge < -0.3 is 10.1 Å². The van der Waals surface area contributed by atoms with Crippen LogP contribution in [0.2, 0.25) is 5.02 Å². The number of nitrogens with one attached hydrogen (secondary N) is 1. The van der Waals surface area contributed by atoms with E-state index in [1.165, 1.54) is 24.0 Å². The number of halogens is 1. The Morgan fingerprint density at radius 3 is 2.81 bits per heavy atom. The van der Waals surface area contributed by atoms with Crippen LogP contribution in [-0.4, -0.2) is 20.2 Å². The highest BCUT2D eigenvalue weighted by Crippen LogP contribution is 2.33. The second-order valence-electron chi connectivity index (χ2n) is 4.27. The van der Waals surface area contributed by atoms with Crippen molar-refractivity contribution in [1.82, 2.24) is 5.32 Å². The van der Waals surface area contributed by atoms with Crippen molar-refractivity contribution in [2.45, 2.75) is 25.4 Å². The molecule has 2 nitrogen and oxygen atoms in total. The van der Waals surface area contributed by atoms with Gasteiger partial charge in [0, 0.05) is 12.1 Å². The smallest absolute Gasteiger partial charge is 0.0716 e. The van der Waals surface area contributed by atoms with E-state index >= 15 is 0 Å². The third kappa shape index (κ3) is 2.57. The molecule has 0 atom stereocenters. The summed E-state index contributed by atoms with van der Waals surface area (Å²) < 4.78 is 5.24. The predicted octanol–water partition coefficient (Wildman–Crippen LogP) is 2.95. The van der Waals surface area contributed by atoms with E-state index in [9.17, 15) is 0 Å². The molecule has 0 saturated carbocycles. The molecule has 3 heteroatoms. The van der Waals surface area contributed by atoms with E-state index in [1.54, 1.807) is 7.11 Å². The zero-order chi connectivity index (χ0) is 11.4. The average molecular weight is 240 g/mol. The Morgan fingerprint density at radius 1 is 1.38 bits per heavy atom. The SMILES string of the molecule is COCc1cccc(Cl)c1C1CCNCC1. The molecular weight excluding hydrogens is 222 g/mol. The Morgan fingerprint density at radius 2 is 2.12 bits per heavy atom. The lowest BCUT2D eigenvalue weighted by molar-refractivity contribution is 0.183. The van der Waals surface area contributed by atoms with Gasteiger partial charge in [-0.1, -0.05) is 23.7 Å². The van der Waals surface area contributed by atoms with Crippen LogP contribution in [0.3, 0.4) is 0 Å². The maximum Gasteiger partial charge on any atom is 0.0716 e. The molecule has 1 aliphatic heterocycles. The maximum atomic E-state index is 6.32. The first kappa shape index (κ1) is 11.9. The van der Waals surface area contributed by atoms with Crippen LogP contribution in [0.5, 0.6) is 0 Å². The molecule has 1 heterocycles. The molecule has 0 radical (unpaired) electrons. The van der Waals surface area contributed by atoms with Crippen LogP contribution in [0.15, 0.2) is 18.2 Å². The van der Waals surface area contributed by atoms with Gasteiger partial charge in [-0.15, -0.1) is 0 Å². The highest BCUT2D eigenvalue weighted by atomic mass is 35.5. The van der Waals surface area contributed by atoms with Crippen LogP contribution in [0, 0.1) is 0 Å². The number of ether oxygens (including phenoxy) is 1. The van der Waals surface area contributed by atoms with Gasteiger partial charge in [-0.3, -0.25) is 0 Å². The van der Waals surface area contributed by atoms with Gasteiger partial charge in [0.15, 0.2) is 0 Å². The van der Waals surface area contributed by atoms with Crippen molar-refractivity contribution >= 4 is 11.6 Å². The summed E-state index contributed by atoms with van der Waals surface area (Å²) in [5.74, 6) is 0.583. The molecule has 88 valence electrons. The Hall–Kier alpha value is -0.570. The minimum Gasteiger partial charge on any atom is -0.380 e. The molecule has 0 amide bonds. The van der Waals surface area contributed by atoms with E-state index in [4.69, 9.17) is 16.3 Å². The van der Waals surface area contributed by atoms with E-state index < -0.39 is 0 Å². The van der Waals surface area contributed by atoms with Gasteiger partial charge in [0.2, 0.25) is 0 Å². The third-order valence-corrected chi connectivity index (χ3v) is 3.52. The summed E-state index contributed by atoms with van der Waals surface area (Å²) in [5, 5.41) is 4.27. The van der Waals surface area contributed by atoms with Crippen molar-refractivity contribution in [3.8, 4) is 0 Å². The Kier molecular flexibility index (Phi) is 4.22. The summed E-state index contributed by atoms with van der Waals surface area (Å²) in [6.07, 6.45) is 2.33. The number of hydrogen-bond acceptors (Lipinski definition) is 2. The number of benzene rings is 1. The summed E-state index contributed by atoms with van der Waals surface area (Å²) in [6.45, 7) is 2.82. The largest absolute Gasteiger partial charge is 0.380 e. The molecule has 2 rings (SSSR count). The number of methoxy groups -OCH3 is 1. The average Bonchev–Trinajstić information content (AvgIpc) is 2.31. The zero-order valence-corrected chi connectivity index (χ0v) is 10.4. The Bertz CT molecular complexity index is 348. The topological polar surface area (TPSA) is 21.3 Å². The van der Waals surface area contributed by atoms with Crippen molar-refractivity contribution in [3.63, 3.8) is 0 Å². The lowest BCUT2D eigenvalue weighted by atomic mass is 9.87. The van der Waals surface area contributed by atoms with Gasteiger partial charge in [0.1, 0.15) is 0 Å². The third-order valence-electron chi connectivity index (χ3n) is 3.19. The Balaban J connectivity index is 2.28. The van der Waals surface area contributed by atoms with Crippen molar-refractivity contribution < 1.29 is 4.74 Å². The molecule has 0 bridgehead atoms. The molecule has 1 aromatic rings. The van der Waals surface area contributed by atoms with Crippen LogP contribution < -0.4 is 5.32 Å². The van der Waals surface area contributed by atoms with E-state index in [2.05, 4.69) is 11.4 Å². The van der Waals surface area contributed by atoms with E-state index in [0.29, 0.717) is 12.5 Å². The summed E-state index contributed by atoms with van der Waals surface area (Å²) in [6, 6.07) is 6.10. The van der Waals surface area contributed by atoms with Crippen molar-refractivity contribution in [3.05, 3.63) is 34.3 Å². The van der Waals surface area contributed by atoms with Crippen molar-refractivity contribution in [1.29, 1.82) is 0 Å². The van der Waals surface area contributed by atoms with Gasteiger partial charge in [0.25, 0.3) is 0 Å². The molecule has 1 fully saturated rings. The van der Waals surface area contributed by atoms with Crippen LogP contribution in [0.4, 0.5) is 0 Å². The molecule has 0 unspecified atom stereocenters. The van der Waals surface area contributed by atoms with Gasteiger partial charge in [-0.25, -0.2) is 0 Å². The quantitative estimate of drug-likeness (QED) is 0.876. The molecule has 16 heavy (non-hydrogen) atoms. The van der Waals surface area contributed by atoms with E-state index in [1.807, 2.05) is 12.1 Å². The first-order chi connectivity index (χ1) is 7.83. The second kappa shape index (κ2) is 5.67. The molecule has 1 aliphatic rings. The standard InChI is InChI=1S/C13H18ClNO/c1-16-9-11-3-2-4-12(14)13(11)10-5-7-15-8-6-10/h2-4,10,15H,5-9H2,1H3. The van der Waals surface area contributed by atoms with Crippen molar-refractivity contribution in [2.24, 2.45) is 0 Å². The van der Waals surface area contributed by atoms with Gasteiger partial charge in [-0.2, -0.15) is 0 Å². The van der Waals surface area contributed by atoms with Gasteiger partial charge in [-0.05, 0) is 49.0 Å². The highest BCUT2D eigenvalue weighted by molar-refractivity contribution is 6.31. The first-order valence-electron chi connectivity index (χ1n) is 5.80. The van der Waals surface area contributed by atoms with Crippen LogP contribution in [0.25, 0.3) is 0 Å². The fourth-order valence-electron chi connectivity index (χ4n) is 2.43. The second-order valence-corrected chi connectivity index (χ2v) is 4.68. The van der Waals surface area contributed by atoms with Gasteiger partial charge >= 0.3 is 0 Å². The van der Waals surface area contributed by atoms with E-state index in [-0.39, 0.29) is 0 Å². The molecule has 1 N–H and O–H groups in total. The van der Waals surface area contributed by atoms with Crippen LogP contribution >= 0.6 is 11.6 Å². The predicted molar refractivity (Wildman–Crippen MR) is 67.0 cm³/mol. The highest BCUT2D eigenvalue weighted by Gasteiger charge is 2.20. The summed E-state index contributed by atoms with van der Waals surface area (Å²) in [7, 11) is 1.73. The monoisotopic (exact) mass is 239 g/mol. The minimum atomic E-state index is 0.583. The normalized spacial score (nSPS) is 17.6. The fraction of sp³-hybridized carbons (Fsp3) is 0.538. The van der Waals surface area contributed by atoms with Crippen LogP contribution in [-0.2, 0) is 11.3 Å². The fourth-order valence-corrected chi connectivity index (χ4v) is 2.78.